The first-order valence-corrected chi connectivity index (χ1v) is 7.30. The van der Waals surface area contributed by atoms with Gasteiger partial charge in [0.15, 0.2) is 0 Å². The molecule has 2 atom stereocenters. The molecule has 0 bridgehead atoms. The van der Waals surface area contributed by atoms with Crippen LogP contribution in [-0.4, -0.2) is 14.2 Å². The van der Waals surface area contributed by atoms with Crippen molar-refractivity contribution in [3.8, 4) is 11.5 Å². The van der Waals surface area contributed by atoms with E-state index in [9.17, 15) is 0 Å². The van der Waals surface area contributed by atoms with E-state index in [1.165, 1.54) is 11.1 Å². The fourth-order valence-corrected chi connectivity index (χ4v) is 3.00. The molecule has 2 aromatic carbocycles. The molecule has 0 saturated carbocycles. The molecule has 1 aliphatic heterocycles. The zero-order valence-corrected chi connectivity index (χ0v) is 12.7. The van der Waals surface area contributed by atoms with Crippen LogP contribution in [0.5, 0.6) is 11.5 Å². The topological polar surface area (TPSA) is 30.5 Å². The van der Waals surface area contributed by atoms with Crippen LogP contribution in [0, 0.1) is 6.92 Å². The highest BCUT2D eigenvalue weighted by Gasteiger charge is 2.28. The summed E-state index contributed by atoms with van der Waals surface area (Å²) < 4.78 is 11.5. The van der Waals surface area contributed by atoms with Crippen LogP contribution in [0.4, 0.5) is 0 Å². The molecule has 1 heterocycles. The van der Waals surface area contributed by atoms with Crippen molar-refractivity contribution >= 4 is 0 Å². The predicted octanol–water partition coefficient (Wildman–Crippen LogP) is 3.79. The lowest BCUT2D eigenvalue weighted by molar-refractivity contribution is 0.154. The van der Waals surface area contributed by atoms with Crippen LogP contribution in [0.1, 0.15) is 35.3 Å². The summed E-state index contributed by atoms with van der Waals surface area (Å²) >= 11 is 0. The van der Waals surface area contributed by atoms with Crippen LogP contribution in [0.2, 0.25) is 0 Å². The molecular weight excluding hydrogens is 262 g/mol. The minimum Gasteiger partial charge on any atom is -0.496 e. The normalized spacial score (nSPS) is 20.5. The van der Waals surface area contributed by atoms with Gasteiger partial charge in [-0.15, -0.1) is 0 Å². The van der Waals surface area contributed by atoms with Crippen LogP contribution >= 0.6 is 0 Å². The number of ether oxygens (including phenoxy) is 2. The second-order valence-electron chi connectivity index (χ2n) is 5.45. The minimum absolute atomic E-state index is 0.0713. The number of hydrogen-bond acceptors (Lipinski definition) is 3. The third-order valence-corrected chi connectivity index (χ3v) is 4.15. The molecule has 0 aliphatic carbocycles. The summed E-state index contributed by atoms with van der Waals surface area (Å²) in [6, 6.07) is 14.8. The van der Waals surface area contributed by atoms with E-state index in [0.29, 0.717) is 6.04 Å². The predicted molar refractivity (Wildman–Crippen MR) is 84.0 cm³/mol. The molecule has 0 amide bonds. The molecule has 2 unspecified atom stereocenters. The van der Waals surface area contributed by atoms with Gasteiger partial charge in [0, 0.05) is 18.0 Å². The van der Waals surface area contributed by atoms with Gasteiger partial charge in [-0.3, -0.25) is 0 Å². The summed E-state index contributed by atoms with van der Waals surface area (Å²) in [6.07, 6.45) is 1.00. The summed E-state index contributed by atoms with van der Waals surface area (Å²) in [5, 5.41) is 3.39. The number of methoxy groups -OCH3 is 1. The standard InChI is InChI=1S/C18H21NO2/c1-12-10-13(8-9-16(12)20-3)18-11-15(19-2)14-6-4-5-7-17(14)21-18/h4-10,15,18-19H,11H2,1-3H3. The molecular formula is C18H21NO2. The lowest BCUT2D eigenvalue weighted by Crippen LogP contribution is -2.26. The van der Waals surface area contributed by atoms with Gasteiger partial charge in [-0.1, -0.05) is 24.3 Å². The fourth-order valence-electron chi connectivity index (χ4n) is 3.00. The van der Waals surface area contributed by atoms with E-state index >= 15 is 0 Å². The molecule has 21 heavy (non-hydrogen) atoms. The van der Waals surface area contributed by atoms with Crippen LogP contribution in [-0.2, 0) is 0 Å². The summed E-state index contributed by atoms with van der Waals surface area (Å²) in [6.45, 7) is 2.06. The smallest absolute Gasteiger partial charge is 0.126 e. The maximum atomic E-state index is 6.20. The van der Waals surface area contributed by atoms with Gasteiger partial charge >= 0.3 is 0 Å². The van der Waals surface area contributed by atoms with Crippen molar-refractivity contribution in [1.82, 2.24) is 5.32 Å². The Morgan fingerprint density at radius 2 is 2.00 bits per heavy atom. The molecule has 0 saturated heterocycles. The maximum absolute atomic E-state index is 6.20. The van der Waals surface area contributed by atoms with Gasteiger partial charge in [0.25, 0.3) is 0 Å². The Labute approximate surface area is 125 Å². The summed E-state index contributed by atoms with van der Waals surface area (Å²) in [5.41, 5.74) is 3.57. The largest absolute Gasteiger partial charge is 0.496 e. The molecule has 0 fully saturated rings. The van der Waals surface area contributed by atoms with E-state index in [1.807, 2.05) is 25.2 Å². The first kappa shape index (κ1) is 14.0. The molecule has 3 nitrogen and oxygen atoms in total. The lowest BCUT2D eigenvalue weighted by atomic mass is 9.92. The fraction of sp³-hybridized carbons (Fsp3) is 0.333. The van der Waals surface area contributed by atoms with Crippen molar-refractivity contribution in [2.75, 3.05) is 14.2 Å². The highest BCUT2D eigenvalue weighted by molar-refractivity contribution is 5.41. The van der Waals surface area contributed by atoms with E-state index in [2.05, 4.69) is 36.5 Å². The molecule has 0 spiro atoms. The van der Waals surface area contributed by atoms with Crippen LogP contribution in [0.3, 0.4) is 0 Å². The third kappa shape index (κ3) is 2.61. The zero-order chi connectivity index (χ0) is 14.8. The number of aryl methyl sites for hydroxylation is 1. The van der Waals surface area contributed by atoms with Crippen molar-refractivity contribution in [3.63, 3.8) is 0 Å². The highest BCUT2D eigenvalue weighted by atomic mass is 16.5. The van der Waals surface area contributed by atoms with E-state index < -0.39 is 0 Å². The maximum Gasteiger partial charge on any atom is 0.126 e. The first-order valence-electron chi connectivity index (χ1n) is 7.30. The number of hydrogen-bond donors (Lipinski definition) is 1. The van der Waals surface area contributed by atoms with E-state index in [-0.39, 0.29) is 6.10 Å². The Kier molecular flexibility index (Phi) is 3.84. The van der Waals surface area contributed by atoms with Gasteiger partial charge in [-0.2, -0.15) is 0 Å². The van der Waals surface area contributed by atoms with Gasteiger partial charge in [0.05, 0.1) is 7.11 Å². The summed E-state index contributed by atoms with van der Waals surface area (Å²) in [5.74, 6) is 1.89. The van der Waals surface area contributed by atoms with Gasteiger partial charge in [0.1, 0.15) is 17.6 Å². The second kappa shape index (κ2) is 5.78. The lowest BCUT2D eigenvalue weighted by Gasteiger charge is -2.32. The van der Waals surface area contributed by atoms with Crippen LogP contribution < -0.4 is 14.8 Å². The van der Waals surface area contributed by atoms with Crippen molar-refractivity contribution in [2.45, 2.75) is 25.5 Å². The Bertz CT molecular complexity index is 639. The Balaban J connectivity index is 1.93. The molecule has 1 aliphatic rings. The van der Waals surface area contributed by atoms with E-state index in [4.69, 9.17) is 9.47 Å². The molecule has 1 N–H and O–H groups in total. The molecule has 3 heteroatoms. The number of rotatable bonds is 3. The Hall–Kier alpha value is -2.00. The Morgan fingerprint density at radius 1 is 1.19 bits per heavy atom. The van der Waals surface area contributed by atoms with Gasteiger partial charge in [-0.25, -0.2) is 0 Å². The second-order valence-corrected chi connectivity index (χ2v) is 5.45. The highest BCUT2D eigenvalue weighted by Crippen LogP contribution is 2.41. The van der Waals surface area contributed by atoms with Crippen LogP contribution in [0.25, 0.3) is 0 Å². The van der Waals surface area contributed by atoms with Crippen molar-refractivity contribution in [1.29, 1.82) is 0 Å². The van der Waals surface area contributed by atoms with Gasteiger partial charge < -0.3 is 14.8 Å². The number of nitrogens with one attached hydrogen (secondary N) is 1. The Morgan fingerprint density at radius 3 is 2.71 bits per heavy atom. The monoisotopic (exact) mass is 283 g/mol. The summed E-state index contributed by atoms with van der Waals surface area (Å²) in [4.78, 5) is 0. The average Bonchev–Trinajstić information content (AvgIpc) is 2.53. The minimum atomic E-state index is 0.0713. The van der Waals surface area contributed by atoms with Crippen molar-refractivity contribution in [3.05, 3.63) is 59.2 Å². The quantitative estimate of drug-likeness (QED) is 0.929. The molecule has 3 rings (SSSR count). The molecule has 2 aromatic rings. The van der Waals surface area contributed by atoms with Gasteiger partial charge in [-0.05, 0) is 43.3 Å². The van der Waals surface area contributed by atoms with E-state index in [1.54, 1.807) is 7.11 Å². The van der Waals surface area contributed by atoms with Crippen molar-refractivity contribution in [2.24, 2.45) is 0 Å². The van der Waals surface area contributed by atoms with E-state index in [0.717, 1.165) is 23.5 Å². The molecule has 0 aromatic heterocycles. The summed E-state index contributed by atoms with van der Waals surface area (Å²) in [7, 11) is 3.70. The molecule has 0 radical (unpaired) electrons. The molecule has 110 valence electrons. The van der Waals surface area contributed by atoms with Crippen LogP contribution in [0.15, 0.2) is 42.5 Å². The SMILES string of the molecule is CNC1CC(c2ccc(OC)c(C)c2)Oc2ccccc21. The van der Waals surface area contributed by atoms with Gasteiger partial charge in [0.2, 0.25) is 0 Å². The van der Waals surface area contributed by atoms with Crippen molar-refractivity contribution < 1.29 is 9.47 Å². The number of fused-ring (bicyclic) bond motifs is 1. The number of para-hydroxylation sites is 1. The average molecular weight is 283 g/mol. The third-order valence-electron chi connectivity index (χ3n) is 4.15. The number of benzene rings is 2. The zero-order valence-electron chi connectivity index (χ0n) is 12.7. The first-order chi connectivity index (χ1) is 10.2.